The van der Waals surface area contributed by atoms with Crippen LogP contribution < -0.4 is 5.32 Å². The van der Waals surface area contributed by atoms with Gasteiger partial charge in [0, 0.05) is 11.6 Å². The summed E-state index contributed by atoms with van der Waals surface area (Å²) < 4.78 is 0. The van der Waals surface area contributed by atoms with Crippen LogP contribution in [0.3, 0.4) is 0 Å². The van der Waals surface area contributed by atoms with Gasteiger partial charge in [0.2, 0.25) is 11.1 Å². The van der Waals surface area contributed by atoms with Crippen molar-refractivity contribution in [3.05, 3.63) is 35.2 Å². The molecule has 0 aliphatic carbocycles. The van der Waals surface area contributed by atoms with Crippen LogP contribution in [-0.2, 0) is 4.79 Å². The van der Waals surface area contributed by atoms with Gasteiger partial charge < -0.3 is 5.32 Å². The highest BCUT2D eigenvalue weighted by Crippen LogP contribution is 2.21. The number of carbonyl (C=O) groups excluding carboxylic acids is 1. The molecule has 0 aliphatic heterocycles. The third-order valence-corrected chi connectivity index (χ3v) is 3.95. The molecule has 0 saturated carbocycles. The van der Waals surface area contributed by atoms with Gasteiger partial charge in [-0.25, -0.2) is 4.98 Å². The smallest absolute Gasteiger partial charge is 0.234 e. The molecular formula is C15H20N4OS. The molecule has 1 aromatic heterocycles. The minimum absolute atomic E-state index is 0.0479. The lowest BCUT2D eigenvalue weighted by Crippen LogP contribution is -2.15. The number of carbonyl (C=O) groups is 1. The number of thioether (sulfide) groups is 1. The fraction of sp³-hybridized carbons (Fsp3) is 0.400. The zero-order valence-electron chi connectivity index (χ0n) is 12.7. The Morgan fingerprint density at radius 1 is 1.33 bits per heavy atom. The number of nitrogens with zero attached hydrogens (tertiary/aromatic N) is 2. The lowest BCUT2D eigenvalue weighted by Gasteiger charge is -2.10. The number of benzene rings is 1. The van der Waals surface area contributed by atoms with Crippen molar-refractivity contribution < 1.29 is 4.79 Å². The number of H-pyrrole nitrogens is 1. The number of aryl methyl sites for hydroxylation is 2. The van der Waals surface area contributed by atoms with E-state index < -0.39 is 0 Å². The summed E-state index contributed by atoms with van der Waals surface area (Å²) in [5, 5.41) is 10.5. The molecule has 0 saturated heterocycles. The van der Waals surface area contributed by atoms with Crippen LogP contribution in [0.4, 0.5) is 5.69 Å². The normalized spacial score (nSPS) is 10.9. The Balaban J connectivity index is 1.93. The quantitative estimate of drug-likeness (QED) is 0.832. The summed E-state index contributed by atoms with van der Waals surface area (Å²) in [5.74, 6) is 1.39. The van der Waals surface area contributed by atoms with Crippen LogP contribution in [0.25, 0.3) is 0 Å². The van der Waals surface area contributed by atoms with Gasteiger partial charge >= 0.3 is 0 Å². The van der Waals surface area contributed by atoms with Crippen molar-refractivity contribution in [2.45, 2.75) is 38.8 Å². The average Bonchev–Trinajstić information content (AvgIpc) is 2.90. The molecule has 0 aliphatic rings. The topological polar surface area (TPSA) is 70.7 Å². The van der Waals surface area contributed by atoms with Gasteiger partial charge in [0.05, 0.1) is 5.75 Å². The second kappa shape index (κ2) is 6.76. The van der Waals surface area contributed by atoms with Crippen LogP contribution in [0.1, 0.15) is 36.7 Å². The van der Waals surface area contributed by atoms with E-state index in [1.54, 1.807) is 0 Å². The van der Waals surface area contributed by atoms with E-state index >= 15 is 0 Å². The summed E-state index contributed by atoms with van der Waals surface area (Å²) >= 11 is 1.33. The highest BCUT2D eigenvalue weighted by Gasteiger charge is 2.11. The van der Waals surface area contributed by atoms with E-state index in [9.17, 15) is 4.79 Å². The number of anilines is 1. The Labute approximate surface area is 128 Å². The Kier molecular flexibility index (Phi) is 5.01. The third kappa shape index (κ3) is 4.07. The molecule has 6 heteroatoms. The summed E-state index contributed by atoms with van der Waals surface area (Å²) in [5.41, 5.74) is 3.02. The minimum atomic E-state index is -0.0479. The molecule has 1 aromatic carbocycles. The number of hydrogen-bond donors (Lipinski definition) is 2. The fourth-order valence-corrected chi connectivity index (χ4v) is 2.50. The Bertz CT molecular complexity index is 616. The lowest BCUT2D eigenvalue weighted by molar-refractivity contribution is -0.113. The summed E-state index contributed by atoms with van der Waals surface area (Å²) in [6, 6.07) is 5.95. The first-order valence-corrected chi connectivity index (χ1v) is 7.87. The van der Waals surface area contributed by atoms with E-state index in [1.165, 1.54) is 11.8 Å². The molecule has 5 nitrogen and oxygen atoms in total. The number of para-hydroxylation sites is 1. The summed E-state index contributed by atoms with van der Waals surface area (Å²) in [4.78, 5) is 16.4. The molecule has 2 aromatic rings. The van der Waals surface area contributed by atoms with Crippen LogP contribution in [0.5, 0.6) is 0 Å². The molecule has 21 heavy (non-hydrogen) atoms. The molecule has 0 fully saturated rings. The van der Waals surface area contributed by atoms with Gasteiger partial charge in [0.15, 0.2) is 0 Å². The van der Waals surface area contributed by atoms with E-state index in [2.05, 4.69) is 20.5 Å². The Morgan fingerprint density at radius 3 is 2.57 bits per heavy atom. The van der Waals surface area contributed by atoms with E-state index in [0.29, 0.717) is 16.8 Å². The van der Waals surface area contributed by atoms with E-state index in [1.807, 2.05) is 45.9 Å². The average molecular weight is 304 g/mol. The molecule has 1 amide bonds. The zero-order chi connectivity index (χ0) is 15.4. The van der Waals surface area contributed by atoms with Crippen molar-refractivity contribution >= 4 is 23.4 Å². The van der Waals surface area contributed by atoms with Gasteiger partial charge in [-0.2, -0.15) is 0 Å². The van der Waals surface area contributed by atoms with Crippen molar-refractivity contribution in [1.82, 2.24) is 15.2 Å². The van der Waals surface area contributed by atoms with Crippen LogP contribution in [0, 0.1) is 13.8 Å². The summed E-state index contributed by atoms with van der Waals surface area (Å²) in [6.45, 7) is 8.06. The van der Waals surface area contributed by atoms with E-state index in [0.717, 1.165) is 22.6 Å². The number of nitrogens with one attached hydrogen (secondary N) is 2. The van der Waals surface area contributed by atoms with Crippen molar-refractivity contribution in [3.63, 3.8) is 0 Å². The predicted octanol–water partition coefficient (Wildman–Crippen LogP) is 3.28. The lowest BCUT2D eigenvalue weighted by atomic mass is 10.1. The largest absolute Gasteiger partial charge is 0.325 e. The standard InChI is InChI=1S/C15H20N4OS/c1-9(2)14-17-15(19-18-14)21-8-12(20)16-13-10(3)6-5-7-11(13)4/h5-7,9H,8H2,1-4H3,(H,16,20)(H,17,18,19). The molecule has 0 radical (unpaired) electrons. The van der Waals surface area contributed by atoms with Crippen molar-refractivity contribution in [2.24, 2.45) is 0 Å². The van der Waals surface area contributed by atoms with Crippen LogP contribution >= 0.6 is 11.8 Å². The van der Waals surface area contributed by atoms with Gasteiger partial charge in [-0.15, -0.1) is 5.10 Å². The molecule has 112 valence electrons. The molecule has 0 bridgehead atoms. The summed E-state index contributed by atoms with van der Waals surface area (Å²) in [6.07, 6.45) is 0. The highest BCUT2D eigenvalue weighted by molar-refractivity contribution is 7.99. The number of hydrogen-bond acceptors (Lipinski definition) is 4. The maximum Gasteiger partial charge on any atom is 0.234 e. The maximum atomic E-state index is 12.0. The zero-order valence-corrected chi connectivity index (χ0v) is 13.5. The van der Waals surface area contributed by atoms with Gasteiger partial charge in [0.25, 0.3) is 0 Å². The summed E-state index contributed by atoms with van der Waals surface area (Å²) in [7, 11) is 0. The number of amides is 1. The first kappa shape index (κ1) is 15.6. The van der Waals surface area contributed by atoms with Crippen molar-refractivity contribution in [1.29, 1.82) is 0 Å². The maximum absolute atomic E-state index is 12.0. The Hall–Kier alpha value is -1.82. The second-order valence-corrected chi connectivity index (χ2v) is 6.20. The predicted molar refractivity (Wildman–Crippen MR) is 85.7 cm³/mol. The molecule has 2 rings (SSSR count). The molecule has 0 unspecified atom stereocenters. The van der Waals surface area contributed by atoms with Gasteiger partial charge in [0.1, 0.15) is 5.82 Å². The third-order valence-electron chi connectivity index (χ3n) is 3.11. The first-order chi connectivity index (χ1) is 9.97. The van der Waals surface area contributed by atoms with Gasteiger partial charge in [-0.3, -0.25) is 9.89 Å². The minimum Gasteiger partial charge on any atom is -0.325 e. The number of rotatable bonds is 5. The Morgan fingerprint density at radius 2 is 2.00 bits per heavy atom. The van der Waals surface area contributed by atoms with Gasteiger partial charge in [-0.1, -0.05) is 43.8 Å². The monoisotopic (exact) mass is 304 g/mol. The van der Waals surface area contributed by atoms with Crippen LogP contribution in [0.2, 0.25) is 0 Å². The van der Waals surface area contributed by atoms with Gasteiger partial charge in [-0.05, 0) is 25.0 Å². The van der Waals surface area contributed by atoms with Crippen molar-refractivity contribution in [3.8, 4) is 0 Å². The second-order valence-electron chi connectivity index (χ2n) is 5.26. The SMILES string of the molecule is Cc1cccc(C)c1NC(=O)CSc1n[nH]c(C(C)C)n1. The number of aromatic nitrogens is 3. The van der Waals surface area contributed by atoms with Crippen LogP contribution in [-0.4, -0.2) is 26.8 Å². The molecule has 0 atom stereocenters. The van der Waals surface area contributed by atoms with Crippen molar-refractivity contribution in [2.75, 3.05) is 11.1 Å². The molecule has 2 N–H and O–H groups in total. The first-order valence-electron chi connectivity index (χ1n) is 6.88. The molecule has 0 spiro atoms. The molecular weight excluding hydrogens is 284 g/mol. The fourth-order valence-electron chi connectivity index (χ4n) is 1.90. The number of aromatic amines is 1. The van der Waals surface area contributed by atoms with E-state index in [4.69, 9.17) is 0 Å². The van der Waals surface area contributed by atoms with E-state index in [-0.39, 0.29) is 5.91 Å². The highest BCUT2D eigenvalue weighted by atomic mass is 32.2. The van der Waals surface area contributed by atoms with Crippen LogP contribution in [0.15, 0.2) is 23.4 Å². The molecule has 1 heterocycles.